The van der Waals surface area contributed by atoms with E-state index in [1.54, 1.807) is 18.3 Å². The first-order valence-electron chi connectivity index (χ1n) is 9.49. The number of halogens is 2. The summed E-state index contributed by atoms with van der Waals surface area (Å²) in [6.45, 7) is 2.79. The molecule has 1 aromatic heterocycles. The lowest BCUT2D eigenvalue weighted by Crippen LogP contribution is -2.42. The van der Waals surface area contributed by atoms with E-state index < -0.39 is 0 Å². The van der Waals surface area contributed by atoms with E-state index in [2.05, 4.69) is 15.5 Å². The van der Waals surface area contributed by atoms with Crippen LogP contribution < -0.4 is 5.32 Å². The number of rotatable bonds is 6. The average molecular weight is 383 g/mol. The molecule has 0 spiro atoms. The summed E-state index contributed by atoms with van der Waals surface area (Å²) >= 11 is 0. The zero-order chi connectivity index (χ0) is 19.4. The van der Waals surface area contributed by atoms with E-state index in [1.165, 1.54) is 24.3 Å². The Kier molecular flexibility index (Phi) is 5.50. The summed E-state index contributed by atoms with van der Waals surface area (Å²) in [5.41, 5.74) is 3.86. The molecule has 0 aliphatic carbocycles. The first-order valence-corrected chi connectivity index (χ1v) is 9.49. The standard InChI is InChI=1S/C22H23F2N3O/c23-19-5-1-16(2-6-19)21-17(14-26-27-21)13-25-15-22(9-11-28-12-10-22)18-3-7-20(24)8-4-18/h1-8,14,25H,9-13,15H2,(H,26,27). The molecule has 0 saturated carbocycles. The Morgan fingerprint density at radius 1 is 0.964 bits per heavy atom. The monoisotopic (exact) mass is 383 g/mol. The summed E-state index contributed by atoms with van der Waals surface area (Å²) in [6, 6.07) is 13.2. The van der Waals surface area contributed by atoms with Gasteiger partial charge in [-0.2, -0.15) is 5.10 Å². The van der Waals surface area contributed by atoms with Crippen LogP contribution in [0.4, 0.5) is 8.78 Å². The van der Waals surface area contributed by atoms with Crippen molar-refractivity contribution < 1.29 is 13.5 Å². The molecule has 2 N–H and O–H groups in total. The van der Waals surface area contributed by atoms with E-state index >= 15 is 0 Å². The summed E-state index contributed by atoms with van der Waals surface area (Å²) in [5, 5.41) is 10.7. The fraction of sp³-hybridized carbons (Fsp3) is 0.318. The molecule has 4 rings (SSSR count). The third-order valence-electron chi connectivity index (χ3n) is 5.54. The molecular formula is C22H23F2N3O. The fourth-order valence-corrected chi connectivity index (χ4v) is 3.88. The normalized spacial score (nSPS) is 16.2. The van der Waals surface area contributed by atoms with Crippen LogP contribution in [0.3, 0.4) is 0 Å². The van der Waals surface area contributed by atoms with Crippen LogP contribution >= 0.6 is 0 Å². The number of hydrogen-bond acceptors (Lipinski definition) is 3. The van der Waals surface area contributed by atoms with Gasteiger partial charge in [0.1, 0.15) is 11.6 Å². The number of aromatic nitrogens is 2. The van der Waals surface area contributed by atoms with Gasteiger partial charge >= 0.3 is 0 Å². The lowest BCUT2D eigenvalue weighted by atomic mass is 9.74. The maximum Gasteiger partial charge on any atom is 0.123 e. The van der Waals surface area contributed by atoms with E-state index in [1.807, 2.05) is 12.1 Å². The van der Waals surface area contributed by atoms with E-state index in [0.717, 1.165) is 41.8 Å². The number of ether oxygens (including phenoxy) is 1. The van der Waals surface area contributed by atoms with Crippen molar-refractivity contribution >= 4 is 0 Å². The molecule has 0 amide bonds. The number of aromatic amines is 1. The van der Waals surface area contributed by atoms with Crippen molar-refractivity contribution in [2.45, 2.75) is 24.8 Å². The highest BCUT2D eigenvalue weighted by atomic mass is 19.1. The Bertz CT molecular complexity index is 900. The summed E-state index contributed by atoms with van der Waals surface area (Å²) in [6.07, 6.45) is 3.57. The Labute approximate surface area is 162 Å². The highest BCUT2D eigenvalue weighted by Gasteiger charge is 2.34. The van der Waals surface area contributed by atoms with Gasteiger partial charge in [0.2, 0.25) is 0 Å². The van der Waals surface area contributed by atoms with Crippen LogP contribution in [0.2, 0.25) is 0 Å². The predicted molar refractivity (Wildman–Crippen MR) is 104 cm³/mol. The zero-order valence-electron chi connectivity index (χ0n) is 15.6. The minimum atomic E-state index is -0.260. The highest BCUT2D eigenvalue weighted by Crippen LogP contribution is 2.34. The van der Waals surface area contributed by atoms with Gasteiger partial charge in [0.15, 0.2) is 0 Å². The zero-order valence-corrected chi connectivity index (χ0v) is 15.6. The number of nitrogens with zero attached hydrogens (tertiary/aromatic N) is 1. The van der Waals surface area contributed by atoms with Crippen LogP contribution in [0, 0.1) is 11.6 Å². The number of H-pyrrole nitrogens is 1. The van der Waals surface area contributed by atoms with Crippen molar-refractivity contribution in [3.63, 3.8) is 0 Å². The summed E-state index contributed by atoms with van der Waals surface area (Å²) < 4.78 is 32.1. The first kappa shape index (κ1) is 18.8. The molecule has 1 aliphatic heterocycles. The average Bonchev–Trinajstić information content (AvgIpc) is 3.18. The van der Waals surface area contributed by atoms with Gasteiger partial charge in [-0.05, 0) is 54.8 Å². The molecule has 0 unspecified atom stereocenters. The summed E-state index contributed by atoms with van der Waals surface area (Å²) in [5.74, 6) is -0.482. The third-order valence-corrected chi connectivity index (χ3v) is 5.54. The molecule has 0 bridgehead atoms. The van der Waals surface area contributed by atoms with Gasteiger partial charge in [-0.25, -0.2) is 8.78 Å². The van der Waals surface area contributed by atoms with E-state index in [-0.39, 0.29) is 17.0 Å². The van der Waals surface area contributed by atoms with Gasteiger partial charge in [0, 0.05) is 42.8 Å². The van der Waals surface area contributed by atoms with Crippen molar-refractivity contribution in [2.75, 3.05) is 19.8 Å². The highest BCUT2D eigenvalue weighted by molar-refractivity contribution is 5.62. The quantitative estimate of drug-likeness (QED) is 0.671. The molecular weight excluding hydrogens is 360 g/mol. The molecule has 1 saturated heterocycles. The van der Waals surface area contributed by atoms with Crippen molar-refractivity contribution in [1.29, 1.82) is 0 Å². The molecule has 4 nitrogen and oxygen atoms in total. The minimum absolute atomic E-state index is 0.0777. The Morgan fingerprint density at radius 3 is 2.29 bits per heavy atom. The largest absolute Gasteiger partial charge is 0.381 e. The molecule has 2 heterocycles. The Hall–Kier alpha value is -2.57. The minimum Gasteiger partial charge on any atom is -0.381 e. The van der Waals surface area contributed by atoms with Crippen molar-refractivity contribution in [3.8, 4) is 11.3 Å². The van der Waals surface area contributed by atoms with Gasteiger partial charge in [-0.1, -0.05) is 12.1 Å². The smallest absolute Gasteiger partial charge is 0.123 e. The van der Waals surface area contributed by atoms with Gasteiger partial charge in [0.05, 0.1) is 11.9 Å². The van der Waals surface area contributed by atoms with Crippen LogP contribution in [0.25, 0.3) is 11.3 Å². The van der Waals surface area contributed by atoms with Crippen molar-refractivity contribution in [2.24, 2.45) is 0 Å². The van der Waals surface area contributed by atoms with Gasteiger partial charge in [-0.15, -0.1) is 0 Å². The summed E-state index contributed by atoms with van der Waals surface area (Å²) in [7, 11) is 0. The van der Waals surface area contributed by atoms with Gasteiger partial charge in [-0.3, -0.25) is 5.10 Å². The topological polar surface area (TPSA) is 49.9 Å². The maximum absolute atomic E-state index is 13.4. The predicted octanol–water partition coefficient (Wildman–Crippen LogP) is 4.19. The van der Waals surface area contributed by atoms with Gasteiger partial charge < -0.3 is 10.1 Å². The lowest BCUT2D eigenvalue weighted by molar-refractivity contribution is 0.0497. The van der Waals surface area contributed by atoms with E-state index in [0.29, 0.717) is 19.8 Å². The summed E-state index contributed by atoms with van der Waals surface area (Å²) in [4.78, 5) is 0. The Morgan fingerprint density at radius 2 is 1.61 bits per heavy atom. The molecule has 28 heavy (non-hydrogen) atoms. The second-order valence-electron chi connectivity index (χ2n) is 7.28. The van der Waals surface area contributed by atoms with Crippen LogP contribution in [0.1, 0.15) is 24.0 Å². The molecule has 2 aromatic carbocycles. The first-order chi connectivity index (χ1) is 13.7. The van der Waals surface area contributed by atoms with Crippen molar-refractivity contribution in [1.82, 2.24) is 15.5 Å². The molecule has 0 atom stereocenters. The third kappa shape index (κ3) is 3.98. The second-order valence-corrected chi connectivity index (χ2v) is 7.28. The van der Waals surface area contributed by atoms with Gasteiger partial charge in [0.25, 0.3) is 0 Å². The molecule has 3 aromatic rings. The van der Waals surface area contributed by atoms with Crippen LogP contribution in [0.5, 0.6) is 0 Å². The molecule has 0 radical (unpaired) electrons. The van der Waals surface area contributed by atoms with Crippen LogP contribution in [-0.4, -0.2) is 30.0 Å². The molecule has 6 heteroatoms. The maximum atomic E-state index is 13.4. The van der Waals surface area contributed by atoms with Crippen LogP contribution in [-0.2, 0) is 16.7 Å². The lowest BCUT2D eigenvalue weighted by Gasteiger charge is -2.38. The Balaban J connectivity index is 1.48. The number of hydrogen-bond donors (Lipinski definition) is 2. The fourth-order valence-electron chi connectivity index (χ4n) is 3.88. The molecule has 1 aliphatic rings. The van der Waals surface area contributed by atoms with E-state index in [9.17, 15) is 8.78 Å². The molecule has 1 fully saturated rings. The molecule has 146 valence electrons. The van der Waals surface area contributed by atoms with E-state index in [4.69, 9.17) is 4.74 Å². The van der Waals surface area contributed by atoms with Crippen LogP contribution in [0.15, 0.2) is 54.7 Å². The van der Waals surface area contributed by atoms with Crippen molar-refractivity contribution in [3.05, 3.63) is 77.5 Å². The number of nitrogens with one attached hydrogen (secondary N) is 2. The second kappa shape index (κ2) is 8.20. The SMILES string of the molecule is Fc1ccc(-c2[nH]ncc2CNCC2(c3ccc(F)cc3)CCOCC2)cc1. The number of benzene rings is 2.